The van der Waals surface area contributed by atoms with Crippen molar-refractivity contribution in [1.82, 2.24) is 0 Å². The lowest BCUT2D eigenvalue weighted by Gasteiger charge is -2.04. The monoisotopic (exact) mass is 344 g/mol. The zero-order chi connectivity index (χ0) is 10.0. The summed E-state index contributed by atoms with van der Waals surface area (Å²) in [5, 5.41) is 0.503. The first-order valence-corrected chi connectivity index (χ1v) is 5.80. The fourth-order valence-electron chi connectivity index (χ4n) is 0.831. The summed E-state index contributed by atoms with van der Waals surface area (Å²) in [6, 6.07) is 3.29. The average Bonchev–Trinajstić information content (AvgIpc) is 2.10. The van der Waals surface area contributed by atoms with Crippen molar-refractivity contribution in [3.63, 3.8) is 0 Å². The minimum Gasteiger partial charge on any atom is -0.293 e. The van der Waals surface area contributed by atoms with Gasteiger partial charge in [-0.3, -0.25) is 4.79 Å². The third kappa shape index (κ3) is 2.69. The maximum atomic E-state index is 11.3. The summed E-state index contributed by atoms with van der Waals surface area (Å²) in [5.41, 5.74) is 0.495. The fraction of sp³-hybridized carbons (Fsp3) is 0.125. The zero-order valence-electron chi connectivity index (χ0n) is 6.28. The van der Waals surface area contributed by atoms with Crippen molar-refractivity contribution in [2.75, 3.05) is 5.88 Å². The summed E-state index contributed by atoms with van der Waals surface area (Å²) in [7, 11) is 0. The normalized spacial score (nSPS) is 10.2. The summed E-state index contributed by atoms with van der Waals surface area (Å²) in [6.07, 6.45) is 0. The number of halogens is 4. The van der Waals surface area contributed by atoms with Gasteiger partial charge in [0, 0.05) is 19.5 Å². The van der Waals surface area contributed by atoms with Crippen LogP contribution in [0.1, 0.15) is 10.4 Å². The van der Waals surface area contributed by atoms with Crippen molar-refractivity contribution >= 4 is 60.8 Å². The van der Waals surface area contributed by atoms with Crippen LogP contribution in [0.5, 0.6) is 0 Å². The molecule has 70 valence electrons. The Morgan fingerprint density at radius 2 is 2.00 bits per heavy atom. The Balaban J connectivity index is 3.28. The second-order valence-corrected chi connectivity index (χ2v) is 4.66. The quantitative estimate of drug-likeness (QED) is 0.443. The molecule has 0 bridgehead atoms. The van der Waals surface area contributed by atoms with E-state index in [0.29, 0.717) is 15.1 Å². The molecule has 0 fully saturated rings. The number of carbonyl (C=O) groups excluding carboxylic acids is 1. The van der Waals surface area contributed by atoms with Crippen LogP contribution in [-0.4, -0.2) is 11.7 Å². The average molecular weight is 347 g/mol. The maximum Gasteiger partial charge on any atom is 0.178 e. The lowest BCUT2D eigenvalue weighted by Crippen LogP contribution is -2.01. The predicted molar refractivity (Wildman–Crippen MR) is 61.9 cm³/mol. The fourth-order valence-corrected chi connectivity index (χ4v) is 2.24. The van der Waals surface area contributed by atoms with E-state index in [1.54, 1.807) is 12.1 Å². The Hall–Kier alpha value is 0.430. The second-order valence-electron chi connectivity index (χ2n) is 2.31. The van der Waals surface area contributed by atoms with E-state index in [9.17, 15) is 4.79 Å². The Morgan fingerprint density at radius 3 is 2.54 bits per heavy atom. The van der Waals surface area contributed by atoms with Gasteiger partial charge in [-0.2, -0.15) is 0 Å². The van der Waals surface area contributed by atoms with Crippen LogP contribution in [0, 0.1) is 0 Å². The van der Waals surface area contributed by atoms with E-state index in [0.717, 1.165) is 4.47 Å². The molecule has 5 heteroatoms. The Bertz CT molecular complexity index is 352. The minimum absolute atomic E-state index is 0.0502. The molecule has 0 aliphatic heterocycles. The maximum absolute atomic E-state index is 11.3. The summed E-state index contributed by atoms with van der Waals surface area (Å²) in [6.45, 7) is 0. The molecule has 1 rings (SSSR count). The number of alkyl halides is 1. The summed E-state index contributed by atoms with van der Waals surface area (Å²) in [5.74, 6) is -0.206. The van der Waals surface area contributed by atoms with Crippen LogP contribution < -0.4 is 0 Å². The second kappa shape index (κ2) is 4.78. The molecule has 0 aliphatic carbocycles. The Labute approximate surface area is 103 Å². The van der Waals surface area contributed by atoms with Gasteiger partial charge < -0.3 is 0 Å². The van der Waals surface area contributed by atoms with Crippen LogP contribution >= 0.6 is 55.1 Å². The number of benzene rings is 1. The van der Waals surface area contributed by atoms with E-state index in [1.807, 2.05) is 0 Å². The van der Waals surface area contributed by atoms with Crippen molar-refractivity contribution in [3.05, 3.63) is 31.7 Å². The third-order valence-corrected chi connectivity index (χ3v) is 3.89. The van der Waals surface area contributed by atoms with Gasteiger partial charge in [0.05, 0.1) is 5.88 Å². The zero-order valence-corrected chi connectivity index (χ0v) is 11.0. The van der Waals surface area contributed by atoms with Crippen LogP contribution in [-0.2, 0) is 0 Å². The largest absolute Gasteiger partial charge is 0.293 e. The number of carbonyl (C=O) groups is 1. The number of rotatable bonds is 2. The standard InChI is InChI=1S/C8H4Br2Cl2O/c9-6-2-4(12)1-5(8(6)10)7(13)3-11/h1-2H,3H2. The van der Waals surface area contributed by atoms with Gasteiger partial charge in [-0.25, -0.2) is 0 Å². The van der Waals surface area contributed by atoms with Gasteiger partial charge in [0.15, 0.2) is 5.78 Å². The molecular formula is C8H4Br2Cl2O. The molecule has 0 spiro atoms. The Kier molecular flexibility index (Phi) is 4.23. The van der Waals surface area contributed by atoms with Gasteiger partial charge in [-0.15, -0.1) is 11.6 Å². The summed E-state index contributed by atoms with van der Waals surface area (Å²) < 4.78 is 1.43. The highest BCUT2D eigenvalue weighted by Gasteiger charge is 2.12. The van der Waals surface area contributed by atoms with Crippen LogP contribution in [0.25, 0.3) is 0 Å². The van der Waals surface area contributed by atoms with Gasteiger partial charge in [-0.1, -0.05) is 11.6 Å². The molecule has 0 atom stereocenters. The molecule has 0 aromatic heterocycles. The van der Waals surface area contributed by atoms with Crippen molar-refractivity contribution in [1.29, 1.82) is 0 Å². The lowest BCUT2D eigenvalue weighted by atomic mass is 10.1. The van der Waals surface area contributed by atoms with Crippen molar-refractivity contribution < 1.29 is 4.79 Å². The minimum atomic E-state index is -0.156. The smallest absolute Gasteiger partial charge is 0.178 e. The van der Waals surface area contributed by atoms with Crippen LogP contribution in [0.4, 0.5) is 0 Å². The molecule has 0 saturated heterocycles. The molecule has 1 aromatic rings. The Morgan fingerprint density at radius 1 is 1.38 bits per heavy atom. The SMILES string of the molecule is O=C(CCl)c1cc(Cl)cc(Br)c1Br. The van der Waals surface area contributed by atoms with E-state index >= 15 is 0 Å². The molecule has 0 unspecified atom stereocenters. The molecule has 0 aliphatic rings. The highest BCUT2D eigenvalue weighted by molar-refractivity contribution is 9.13. The molecule has 1 nitrogen and oxygen atoms in total. The van der Waals surface area contributed by atoms with E-state index in [4.69, 9.17) is 23.2 Å². The van der Waals surface area contributed by atoms with Gasteiger partial charge in [-0.05, 0) is 44.0 Å². The van der Waals surface area contributed by atoms with Crippen molar-refractivity contribution in [3.8, 4) is 0 Å². The topological polar surface area (TPSA) is 17.1 Å². The van der Waals surface area contributed by atoms with Gasteiger partial charge in [0.1, 0.15) is 0 Å². The first-order chi connectivity index (χ1) is 6.06. The summed E-state index contributed by atoms with van der Waals surface area (Å²) >= 11 is 17.7. The van der Waals surface area contributed by atoms with Gasteiger partial charge in [0.25, 0.3) is 0 Å². The van der Waals surface area contributed by atoms with E-state index < -0.39 is 0 Å². The van der Waals surface area contributed by atoms with E-state index in [-0.39, 0.29) is 11.7 Å². The van der Waals surface area contributed by atoms with Crippen molar-refractivity contribution in [2.45, 2.75) is 0 Å². The van der Waals surface area contributed by atoms with Crippen LogP contribution in [0.2, 0.25) is 5.02 Å². The lowest BCUT2D eigenvalue weighted by molar-refractivity contribution is 0.102. The van der Waals surface area contributed by atoms with E-state index in [2.05, 4.69) is 31.9 Å². The number of ketones is 1. The van der Waals surface area contributed by atoms with Gasteiger partial charge in [0.2, 0.25) is 0 Å². The highest BCUT2D eigenvalue weighted by atomic mass is 79.9. The summed E-state index contributed by atoms with van der Waals surface area (Å²) in [4.78, 5) is 11.3. The molecule has 0 saturated carbocycles. The third-order valence-electron chi connectivity index (χ3n) is 1.41. The van der Waals surface area contributed by atoms with Crippen molar-refractivity contribution in [2.24, 2.45) is 0 Å². The van der Waals surface area contributed by atoms with Crippen LogP contribution in [0.15, 0.2) is 21.1 Å². The number of hydrogen-bond acceptors (Lipinski definition) is 1. The number of hydrogen-bond donors (Lipinski definition) is 0. The first-order valence-electron chi connectivity index (χ1n) is 3.30. The van der Waals surface area contributed by atoms with E-state index in [1.165, 1.54) is 0 Å². The predicted octanol–water partition coefficient (Wildman–Crippen LogP) is 4.29. The highest BCUT2D eigenvalue weighted by Crippen LogP contribution is 2.30. The van der Waals surface area contributed by atoms with Gasteiger partial charge >= 0.3 is 0 Å². The molecule has 0 radical (unpaired) electrons. The molecule has 1 aromatic carbocycles. The molecular weight excluding hydrogens is 343 g/mol. The number of Topliss-reactive ketones (excluding diaryl/α,β-unsaturated/α-hetero) is 1. The molecule has 0 N–H and O–H groups in total. The molecule has 0 heterocycles. The first kappa shape index (κ1) is 11.5. The molecule has 13 heavy (non-hydrogen) atoms. The van der Waals surface area contributed by atoms with Crippen LogP contribution in [0.3, 0.4) is 0 Å². The molecule has 0 amide bonds.